The Morgan fingerprint density at radius 3 is 2.53 bits per heavy atom. The SMILES string of the molecule is COc1ccc(C(=O)C=Cc2cn(C)nc2C)cc1. The first-order valence-electron chi connectivity index (χ1n) is 5.97. The average molecular weight is 256 g/mol. The molecule has 1 heterocycles. The van der Waals surface area contributed by atoms with Gasteiger partial charge in [-0.1, -0.05) is 0 Å². The third kappa shape index (κ3) is 3.10. The number of carbonyl (C=O) groups excluding carboxylic acids is 1. The Morgan fingerprint density at radius 1 is 1.32 bits per heavy atom. The molecule has 0 fully saturated rings. The summed E-state index contributed by atoms with van der Waals surface area (Å²) in [5, 5.41) is 4.22. The van der Waals surface area contributed by atoms with Crippen LogP contribution in [-0.2, 0) is 7.05 Å². The van der Waals surface area contributed by atoms with Crippen molar-refractivity contribution in [1.82, 2.24) is 9.78 Å². The zero-order valence-corrected chi connectivity index (χ0v) is 11.3. The standard InChI is InChI=1S/C15H16N2O2/c1-11-13(10-17(2)16-11)6-9-15(18)12-4-7-14(19-3)8-5-12/h4-10H,1-3H3. The van der Waals surface area contributed by atoms with E-state index < -0.39 is 0 Å². The molecule has 0 radical (unpaired) electrons. The summed E-state index contributed by atoms with van der Waals surface area (Å²) in [7, 11) is 3.46. The number of nitrogens with zero attached hydrogens (tertiary/aromatic N) is 2. The van der Waals surface area contributed by atoms with Gasteiger partial charge in [0, 0.05) is 24.4 Å². The first kappa shape index (κ1) is 13.1. The topological polar surface area (TPSA) is 44.1 Å². The highest BCUT2D eigenvalue weighted by atomic mass is 16.5. The van der Waals surface area contributed by atoms with E-state index in [-0.39, 0.29) is 5.78 Å². The second kappa shape index (κ2) is 5.52. The molecule has 4 nitrogen and oxygen atoms in total. The van der Waals surface area contributed by atoms with E-state index in [1.165, 1.54) is 0 Å². The summed E-state index contributed by atoms with van der Waals surface area (Å²) in [5.41, 5.74) is 2.49. The number of ether oxygens (including phenoxy) is 1. The highest BCUT2D eigenvalue weighted by molar-refractivity contribution is 6.06. The third-order valence-electron chi connectivity index (χ3n) is 2.84. The van der Waals surface area contributed by atoms with Crippen LogP contribution >= 0.6 is 0 Å². The number of hydrogen-bond acceptors (Lipinski definition) is 3. The molecule has 0 aliphatic heterocycles. The van der Waals surface area contributed by atoms with E-state index in [1.54, 1.807) is 48.2 Å². The molecule has 0 N–H and O–H groups in total. The minimum Gasteiger partial charge on any atom is -0.497 e. The minimum atomic E-state index is -0.0362. The predicted molar refractivity (Wildman–Crippen MR) is 74.3 cm³/mol. The van der Waals surface area contributed by atoms with Crippen LogP contribution in [0.4, 0.5) is 0 Å². The molecule has 98 valence electrons. The average Bonchev–Trinajstić information content (AvgIpc) is 2.74. The maximum absolute atomic E-state index is 12.0. The number of allylic oxidation sites excluding steroid dienone is 1. The van der Waals surface area contributed by atoms with Gasteiger partial charge in [-0.05, 0) is 43.3 Å². The Kier molecular flexibility index (Phi) is 3.80. The molecule has 0 bridgehead atoms. The molecule has 0 aliphatic rings. The van der Waals surface area contributed by atoms with Crippen molar-refractivity contribution in [3.63, 3.8) is 0 Å². The number of hydrogen-bond donors (Lipinski definition) is 0. The minimum absolute atomic E-state index is 0.0362. The van der Waals surface area contributed by atoms with Crippen LogP contribution in [0.15, 0.2) is 36.5 Å². The van der Waals surface area contributed by atoms with Crippen LogP contribution in [0.1, 0.15) is 21.6 Å². The van der Waals surface area contributed by atoms with Crippen LogP contribution in [0.3, 0.4) is 0 Å². The summed E-state index contributed by atoms with van der Waals surface area (Å²) in [5.74, 6) is 0.703. The van der Waals surface area contributed by atoms with Crippen molar-refractivity contribution in [1.29, 1.82) is 0 Å². The molecule has 0 atom stereocenters. The van der Waals surface area contributed by atoms with E-state index in [0.29, 0.717) is 5.56 Å². The van der Waals surface area contributed by atoms with Crippen molar-refractivity contribution in [2.24, 2.45) is 7.05 Å². The van der Waals surface area contributed by atoms with Crippen LogP contribution in [-0.4, -0.2) is 22.7 Å². The van der Waals surface area contributed by atoms with Crippen LogP contribution in [0, 0.1) is 6.92 Å². The smallest absolute Gasteiger partial charge is 0.185 e. The fourth-order valence-corrected chi connectivity index (χ4v) is 1.80. The summed E-state index contributed by atoms with van der Waals surface area (Å²) >= 11 is 0. The summed E-state index contributed by atoms with van der Waals surface area (Å²) in [6.07, 6.45) is 5.23. The Labute approximate surface area is 112 Å². The van der Waals surface area contributed by atoms with Crippen LogP contribution in [0.5, 0.6) is 5.75 Å². The van der Waals surface area contributed by atoms with Crippen molar-refractivity contribution >= 4 is 11.9 Å². The van der Waals surface area contributed by atoms with E-state index in [9.17, 15) is 4.79 Å². The second-order valence-corrected chi connectivity index (χ2v) is 4.27. The lowest BCUT2D eigenvalue weighted by Gasteiger charge is -1.99. The molecule has 19 heavy (non-hydrogen) atoms. The predicted octanol–water partition coefficient (Wildman–Crippen LogP) is 2.63. The lowest BCUT2D eigenvalue weighted by atomic mass is 10.1. The van der Waals surface area contributed by atoms with E-state index in [2.05, 4.69) is 5.10 Å². The van der Waals surface area contributed by atoms with Crippen molar-refractivity contribution in [2.75, 3.05) is 7.11 Å². The number of aromatic nitrogens is 2. The lowest BCUT2D eigenvalue weighted by Crippen LogP contribution is -1.94. The molecule has 2 rings (SSSR count). The first-order valence-corrected chi connectivity index (χ1v) is 5.97. The molecule has 0 unspecified atom stereocenters. The molecule has 1 aromatic carbocycles. The molecular formula is C15H16N2O2. The molecule has 1 aromatic heterocycles. The van der Waals surface area contributed by atoms with E-state index >= 15 is 0 Å². The summed E-state index contributed by atoms with van der Waals surface area (Å²) in [4.78, 5) is 12.0. The van der Waals surface area contributed by atoms with Crippen LogP contribution in [0.25, 0.3) is 6.08 Å². The van der Waals surface area contributed by atoms with Crippen molar-refractivity contribution < 1.29 is 9.53 Å². The van der Waals surface area contributed by atoms with Gasteiger partial charge in [0.25, 0.3) is 0 Å². The summed E-state index contributed by atoms with van der Waals surface area (Å²) in [6.45, 7) is 1.91. The van der Waals surface area contributed by atoms with Gasteiger partial charge < -0.3 is 4.74 Å². The fraction of sp³-hybridized carbons (Fsp3) is 0.200. The van der Waals surface area contributed by atoms with Gasteiger partial charge in [0.15, 0.2) is 5.78 Å². The Bertz CT molecular complexity index is 610. The summed E-state index contributed by atoms with van der Waals surface area (Å²) < 4.78 is 6.79. The largest absolute Gasteiger partial charge is 0.497 e. The normalized spacial score (nSPS) is 10.9. The first-order chi connectivity index (χ1) is 9.10. The number of ketones is 1. The van der Waals surface area contributed by atoms with Crippen molar-refractivity contribution in [2.45, 2.75) is 6.92 Å². The molecule has 0 amide bonds. The molecule has 0 aliphatic carbocycles. The van der Waals surface area contributed by atoms with Gasteiger partial charge in [-0.3, -0.25) is 9.48 Å². The highest BCUT2D eigenvalue weighted by Crippen LogP contribution is 2.13. The monoisotopic (exact) mass is 256 g/mol. The van der Waals surface area contributed by atoms with E-state index in [1.807, 2.05) is 20.2 Å². The number of aryl methyl sites for hydroxylation is 2. The molecular weight excluding hydrogens is 240 g/mol. The molecule has 2 aromatic rings. The fourth-order valence-electron chi connectivity index (χ4n) is 1.80. The number of methoxy groups -OCH3 is 1. The van der Waals surface area contributed by atoms with Gasteiger partial charge in [-0.15, -0.1) is 0 Å². The van der Waals surface area contributed by atoms with Crippen LogP contribution in [0.2, 0.25) is 0 Å². The zero-order valence-electron chi connectivity index (χ0n) is 11.3. The zero-order chi connectivity index (χ0) is 13.8. The molecule has 4 heteroatoms. The lowest BCUT2D eigenvalue weighted by molar-refractivity contribution is 0.104. The number of carbonyl (C=O) groups is 1. The Balaban J connectivity index is 2.14. The van der Waals surface area contributed by atoms with E-state index in [0.717, 1.165) is 17.0 Å². The number of rotatable bonds is 4. The summed E-state index contributed by atoms with van der Waals surface area (Å²) in [6, 6.07) is 7.05. The third-order valence-corrected chi connectivity index (χ3v) is 2.84. The van der Waals surface area contributed by atoms with Crippen molar-refractivity contribution in [3.8, 4) is 5.75 Å². The quantitative estimate of drug-likeness (QED) is 0.624. The molecule has 0 saturated heterocycles. The molecule has 0 saturated carbocycles. The van der Waals surface area contributed by atoms with Gasteiger partial charge in [-0.2, -0.15) is 5.10 Å². The van der Waals surface area contributed by atoms with Gasteiger partial charge in [0.1, 0.15) is 5.75 Å². The maximum Gasteiger partial charge on any atom is 0.185 e. The van der Waals surface area contributed by atoms with Crippen molar-refractivity contribution in [3.05, 3.63) is 53.4 Å². The maximum atomic E-state index is 12.0. The number of benzene rings is 1. The van der Waals surface area contributed by atoms with E-state index in [4.69, 9.17) is 4.74 Å². The Hall–Kier alpha value is -2.36. The van der Waals surface area contributed by atoms with Gasteiger partial charge in [0.05, 0.1) is 12.8 Å². The van der Waals surface area contributed by atoms with Gasteiger partial charge in [-0.25, -0.2) is 0 Å². The molecule has 0 spiro atoms. The highest BCUT2D eigenvalue weighted by Gasteiger charge is 2.03. The second-order valence-electron chi connectivity index (χ2n) is 4.27. The van der Waals surface area contributed by atoms with Gasteiger partial charge in [0.2, 0.25) is 0 Å². The Morgan fingerprint density at radius 2 is 2.00 bits per heavy atom. The van der Waals surface area contributed by atoms with Crippen LogP contribution < -0.4 is 4.74 Å². The van der Waals surface area contributed by atoms with Gasteiger partial charge >= 0.3 is 0 Å².